The highest BCUT2D eigenvalue weighted by molar-refractivity contribution is 8.01. The molecule has 0 bridgehead atoms. The number of carbonyl (C=O) groups excluding carboxylic acids is 1. The van der Waals surface area contributed by atoms with E-state index >= 15 is 0 Å². The number of benzene rings is 2. The Morgan fingerprint density at radius 1 is 1.04 bits per heavy atom. The average molecular weight is 425 g/mol. The van der Waals surface area contributed by atoms with Crippen LogP contribution in [0.4, 0.5) is 25.3 Å². The molecule has 140 valence electrons. The van der Waals surface area contributed by atoms with E-state index in [0.29, 0.717) is 26.1 Å². The molecular weight excluding hydrogens is 410 g/mol. The van der Waals surface area contributed by atoms with Crippen molar-refractivity contribution in [1.29, 1.82) is 0 Å². The highest BCUT2D eigenvalue weighted by atomic mass is 32.2. The summed E-state index contributed by atoms with van der Waals surface area (Å²) in [5.74, 6) is -2.34. The maximum atomic E-state index is 12.3. The molecule has 0 aliphatic carbocycles. The first-order chi connectivity index (χ1) is 13.1. The van der Waals surface area contributed by atoms with E-state index in [1.165, 1.54) is 23.1 Å². The molecule has 3 rings (SSSR count). The topological polar surface area (TPSA) is 66.9 Å². The zero-order valence-corrected chi connectivity index (χ0v) is 16.2. The van der Waals surface area contributed by atoms with Crippen molar-refractivity contribution in [2.45, 2.75) is 15.0 Å². The van der Waals surface area contributed by atoms with Crippen LogP contribution >= 0.6 is 34.9 Å². The van der Waals surface area contributed by atoms with Crippen molar-refractivity contribution in [3.8, 4) is 0 Å². The van der Waals surface area contributed by atoms with Crippen LogP contribution in [0.3, 0.4) is 0 Å². The molecule has 3 aromatic rings. The molecule has 0 spiro atoms. The van der Waals surface area contributed by atoms with Gasteiger partial charge in [-0.3, -0.25) is 4.79 Å². The Morgan fingerprint density at radius 2 is 1.78 bits per heavy atom. The predicted octanol–water partition coefficient (Wildman–Crippen LogP) is 5.33. The number of halogens is 2. The lowest BCUT2D eigenvalue weighted by Crippen LogP contribution is -2.13. The van der Waals surface area contributed by atoms with Gasteiger partial charge in [-0.25, -0.2) is 0 Å². The standard InChI is InChI=1S/C17H14F2N4OS3/c18-15(19)26-13-8-6-12(7-9-13)21-16-22-23-17(27-16)25-10-14(24)20-11-4-2-1-3-5-11/h1-9,15H,10H2,(H,20,24)(H,21,22). The highest BCUT2D eigenvalue weighted by Gasteiger charge is 2.09. The molecule has 0 aliphatic heterocycles. The smallest absolute Gasteiger partial charge is 0.288 e. The van der Waals surface area contributed by atoms with Gasteiger partial charge in [-0.2, -0.15) is 8.78 Å². The minimum absolute atomic E-state index is 0.122. The molecule has 27 heavy (non-hydrogen) atoms. The van der Waals surface area contributed by atoms with E-state index in [2.05, 4.69) is 20.8 Å². The van der Waals surface area contributed by atoms with Crippen molar-refractivity contribution < 1.29 is 13.6 Å². The summed E-state index contributed by atoms with van der Waals surface area (Å²) in [4.78, 5) is 12.4. The van der Waals surface area contributed by atoms with Gasteiger partial charge in [-0.05, 0) is 36.4 Å². The Morgan fingerprint density at radius 3 is 2.48 bits per heavy atom. The molecule has 0 atom stereocenters. The summed E-state index contributed by atoms with van der Waals surface area (Å²) in [5.41, 5.74) is 1.47. The van der Waals surface area contributed by atoms with Crippen molar-refractivity contribution >= 4 is 57.3 Å². The van der Waals surface area contributed by atoms with E-state index in [0.717, 1.165) is 11.4 Å². The van der Waals surface area contributed by atoms with E-state index in [9.17, 15) is 13.6 Å². The second-order valence-electron chi connectivity index (χ2n) is 5.10. The summed E-state index contributed by atoms with van der Waals surface area (Å²) in [6, 6.07) is 15.9. The third-order valence-electron chi connectivity index (χ3n) is 3.12. The molecule has 2 N–H and O–H groups in total. The van der Waals surface area contributed by atoms with E-state index in [-0.39, 0.29) is 11.7 Å². The number of anilines is 3. The second kappa shape index (κ2) is 9.67. The van der Waals surface area contributed by atoms with Crippen LogP contribution in [-0.4, -0.2) is 27.6 Å². The first kappa shape index (κ1) is 19.6. The van der Waals surface area contributed by atoms with Crippen LogP contribution in [0.1, 0.15) is 0 Å². The summed E-state index contributed by atoms with van der Waals surface area (Å²) < 4.78 is 25.3. The Hall–Kier alpha value is -2.17. The van der Waals surface area contributed by atoms with Crippen molar-refractivity contribution in [1.82, 2.24) is 10.2 Å². The van der Waals surface area contributed by atoms with Crippen molar-refractivity contribution in [2.24, 2.45) is 0 Å². The lowest BCUT2D eigenvalue weighted by atomic mass is 10.3. The zero-order chi connectivity index (χ0) is 19.1. The van der Waals surface area contributed by atoms with Crippen LogP contribution in [0.2, 0.25) is 0 Å². The van der Waals surface area contributed by atoms with Crippen LogP contribution in [0.25, 0.3) is 0 Å². The molecular formula is C17H14F2N4OS3. The van der Waals surface area contributed by atoms with Crippen LogP contribution < -0.4 is 10.6 Å². The SMILES string of the molecule is O=C(CSc1nnc(Nc2ccc(SC(F)F)cc2)s1)Nc1ccccc1. The number of alkyl halides is 2. The van der Waals surface area contributed by atoms with Crippen molar-refractivity contribution in [3.05, 3.63) is 54.6 Å². The summed E-state index contributed by atoms with van der Waals surface area (Å²) in [6.45, 7) is 0. The maximum Gasteiger partial charge on any atom is 0.288 e. The van der Waals surface area contributed by atoms with Crippen LogP contribution in [0.5, 0.6) is 0 Å². The quantitative estimate of drug-likeness (QED) is 0.477. The number of para-hydroxylation sites is 1. The highest BCUT2D eigenvalue weighted by Crippen LogP contribution is 2.30. The molecule has 0 radical (unpaired) electrons. The van der Waals surface area contributed by atoms with Crippen LogP contribution in [0, 0.1) is 0 Å². The number of thioether (sulfide) groups is 2. The zero-order valence-electron chi connectivity index (χ0n) is 13.8. The van der Waals surface area contributed by atoms with Gasteiger partial charge in [0.05, 0.1) is 5.75 Å². The Bertz CT molecular complexity index is 875. The Labute approximate surface area is 167 Å². The molecule has 0 saturated heterocycles. The van der Waals surface area contributed by atoms with Gasteiger partial charge in [0.1, 0.15) is 0 Å². The number of aromatic nitrogens is 2. The number of carbonyl (C=O) groups is 1. The monoisotopic (exact) mass is 424 g/mol. The van der Waals surface area contributed by atoms with Gasteiger partial charge in [0.2, 0.25) is 11.0 Å². The molecule has 1 amide bonds. The molecule has 0 saturated carbocycles. The van der Waals surface area contributed by atoms with E-state index < -0.39 is 5.76 Å². The van der Waals surface area contributed by atoms with Gasteiger partial charge < -0.3 is 10.6 Å². The molecule has 1 aromatic heterocycles. The van der Waals surface area contributed by atoms with Gasteiger partial charge in [0.25, 0.3) is 5.76 Å². The lowest BCUT2D eigenvalue weighted by molar-refractivity contribution is -0.113. The Balaban J connectivity index is 1.49. The first-order valence-electron chi connectivity index (χ1n) is 7.71. The lowest BCUT2D eigenvalue weighted by Gasteiger charge is -2.04. The van der Waals surface area contributed by atoms with Crippen molar-refractivity contribution in [2.75, 3.05) is 16.4 Å². The molecule has 10 heteroatoms. The minimum atomic E-state index is -2.44. The van der Waals surface area contributed by atoms with Gasteiger partial charge in [-0.1, -0.05) is 53.1 Å². The maximum absolute atomic E-state index is 12.3. The number of hydrogen-bond donors (Lipinski definition) is 2. The van der Waals surface area contributed by atoms with Crippen molar-refractivity contribution in [3.63, 3.8) is 0 Å². The number of hydrogen-bond acceptors (Lipinski definition) is 7. The summed E-state index contributed by atoms with van der Waals surface area (Å²) in [7, 11) is 0. The normalized spacial score (nSPS) is 10.8. The van der Waals surface area contributed by atoms with Gasteiger partial charge in [-0.15, -0.1) is 10.2 Å². The molecule has 0 fully saturated rings. The number of nitrogens with zero attached hydrogens (tertiary/aromatic N) is 2. The number of rotatable bonds is 8. The third kappa shape index (κ3) is 6.49. The number of amides is 1. The van der Waals surface area contributed by atoms with Gasteiger partial charge >= 0.3 is 0 Å². The molecule has 2 aromatic carbocycles. The molecule has 0 unspecified atom stereocenters. The number of nitrogens with one attached hydrogen (secondary N) is 2. The fourth-order valence-corrected chi connectivity index (χ4v) is 4.08. The summed E-state index contributed by atoms with van der Waals surface area (Å²) in [6.07, 6.45) is 0. The van der Waals surface area contributed by atoms with Gasteiger partial charge in [0.15, 0.2) is 4.34 Å². The summed E-state index contributed by atoms with van der Waals surface area (Å²) >= 11 is 3.11. The first-order valence-corrected chi connectivity index (χ1v) is 10.4. The molecule has 1 heterocycles. The van der Waals surface area contributed by atoms with Crippen LogP contribution in [0.15, 0.2) is 63.8 Å². The Kier molecular flexibility index (Phi) is 7.02. The average Bonchev–Trinajstić information content (AvgIpc) is 3.09. The van der Waals surface area contributed by atoms with E-state index in [4.69, 9.17) is 0 Å². The third-order valence-corrected chi connectivity index (χ3v) is 5.82. The second-order valence-corrected chi connectivity index (χ2v) is 8.37. The minimum Gasteiger partial charge on any atom is -0.330 e. The largest absolute Gasteiger partial charge is 0.330 e. The van der Waals surface area contributed by atoms with Gasteiger partial charge in [0, 0.05) is 16.3 Å². The fraction of sp³-hybridized carbons (Fsp3) is 0.118. The van der Waals surface area contributed by atoms with E-state index in [1.807, 2.05) is 30.3 Å². The van der Waals surface area contributed by atoms with E-state index in [1.54, 1.807) is 24.3 Å². The molecule has 5 nitrogen and oxygen atoms in total. The van der Waals surface area contributed by atoms with Crippen LogP contribution in [-0.2, 0) is 4.79 Å². The fourth-order valence-electron chi connectivity index (χ4n) is 2.01. The predicted molar refractivity (Wildman–Crippen MR) is 107 cm³/mol. The summed E-state index contributed by atoms with van der Waals surface area (Å²) in [5, 5.41) is 14.5. The molecule has 0 aliphatic rings.